The highest BCUT2D eigenvalue weighted by Crippen LogP contribution is 2.36. The van der Waals surface area contributed by atoms with Crippen LogP contribution in [0.4, 0.5) is 26.3 Å². The first-order valence-electron chi connectivity index (χ1n) is 10.9. The molecule has 0 fully saturated rings. The summed E-state index contributed by atoms with van der Waals surface area (Å²) in [5.41, 5.74) is 3.82. The van der Waals surface area contributed by atoms with E-state index in [2.05, 4.69) is 4.98 Å². The van der Waals surface area contributed by atoms with Gasteiger partial charge in [0, 0.05) is 5.56 Å². The molecule has 0 bridgehead atoms. The molecule has 3 nitrogen and oxygen atoms in total. The number of halogens is 6. The summed E-state index contributed by atoms with van der Waals surface area (Å²) in [5.74, 6) is 0. The molecular formula is C27H15F6N3. The summed E-state index contributed by atoms with van der Waals surface area (Å²) >= 11 is 0. The third kappa shape index (κ3) is 3.42. The number of imidazole rings is 1. The van der Waals surface area contributed by atoms with Gasteiger partial charge in [-0.05, 0) is 54.1 Å². The molecule has 0 atom stereocenters. The van der Waals surface area contributed by atoms with E-state index in [0.717, 1.165) is 35.3 Å². The van der Waals surface area contributed by atoms with Crippen molar-refractivity contribution in [3.05, 3.63) is 102 Å². The maximum atomic E-state index is 13.0. The summed E-state index contributed by atoms with van der Waals surface area (Å²) in [6, 6.07) is 20.9. The summed E-state index contributed by atoms with van der Waals surface area (Å²) in [4.78, 5) is 4.57. The highest BCUT2D eigenvalue weighted by Gasteiger charge is 2.31. The Hall–Kier alpha value is -4.27. The van der Waals surface area contributed by atoms with Gasteiger partial charge in [-0.15, -0.1) is 0 Å². The zero-order chi connectivity index (χ0) is 25.2. The maximum absolute atomic E-state index is 13.0. The van der Waals surface area contributed by atoms with Crippen LogP contribution in [0.1, 0.15) is 11.1 Å². The number of fused-ring (bicyclic) bond motifs is 6. The lowest BCUT2D eigenvalue weighted by Crippen LogP contribution is -2.04. The normalized spacial score (nSPS) is 12.7. The van der Waals surface area contributed by atoms with Crippen LogP contribution in [0.2, 0.25) is 0 Å². The first-order valence-corrected chi connectivity index (χ1v) is 10.9. The lowest BCUT2D eigenvalue weighted by molar-refractivity contribution is -0.138. The predicted octanol–water partition coefficient (Wildman–Crippen LogP) is 8.11. The molecule has 0 unspecified atom stereocenters. The molecule has 6 rings (SSSR count). The Kier molecular flexibility index (Phi) is 4.70. The van der Waals surface area contributed by atoms with Crippen molar-refractivity contribution in [2.75, 3.05) is 0 Å². The van der Waals surface area contributed by atoms with E-state index in [-0.39, 0.29) is 0 Å². The fourth-order valence-electron chi connectivity index (χ4n) is 4.58. The van der Waals surface area contributed by atoms with Crippen LogP contribution in [0.3, 0.4) is 0 Å². The van der Waals surface area contributed by atoms with Crippen LogP contribution in [0.25, 0.3) is 44.7 Å². The second kappa shape index (κ2) is 7.61. The largest absolute Gasteiger partial charge is 0.416 e. The van der Waals surface area contributed by atoms with Crippen molar-refractivity contribution < 1.29 is 26.3 Å². The molecule has 0 aliphatic rings. The van der Waals surface area contributed by atoms with E-state index in [1.54, 1.807) is 6.20 Å². The highest BCUT2D eigenvalue weighted by atomic mass is 19.4. The Morgan fingerprint density at radius 2 is 1.00 bits per heavy atom. The highest BCUT2D eigenvalue weighted by molar-refractivity contribution is 5.93. The van der Waals surface area contributed by atoms with Crippen LogP contribution in [0, 0.1) is 0 Å². The summed E-state index contributed by atoms with van der Waals surface area (Å²) < 4.78 is 82.1. The van der Waals surface area contributed by atoms with E-state index >= 15 is 0 Å². The Morgan fingerprint density at radius 3 is 1.53 bits per heavy atom. The number of benzene rings is 3. The van der Waals surface area contributed by atoms with Gasteiger partial charge in [-0.1, -0.05) is 36.4 Å². The van der Waals surface area contributed by atoms with Gasteiger partial charge in [0.1, 0.15) is 0 Å². The average molecular weight is 495 g/mol. The van der Waals surface area contributed by atoms with Crippen LogP contribution >= 0.6 is 0 Å². The molecule has 0 aliphatic heterocycles. The third-order valence-corrected chi connectivity index (χ3v) is 6.25. The van der Waals surface area contributed by atoms with Crippen LogP contribution in [0.5, 0.6) is 0 Å². The summed E-state index contributed by atoms with van der Waals surface area (Å²) in [5, 5.41) is 0. The van der Waals surface area contributed by atoms with E-state index in [9.17, 15) is 26.3 Å². The number of rotatable bonds is 2. The quantitative estimate of drug-likeness (QED) is 0.222. The molecule has 0 N–H and O–H groups in total. The first-order chi connectivity index (χ1) is 17.1. The fourth-order valence-corrected chi connectivity index (χ4v) is 4.58. The molecule has 0 saturated heterocycles. The minimum absolute atomic E-state index is 0.569. The number of hydrogen-bond donors (Lipinski definition) is 0. The number of hydrogen-bond acceptors (Lipinski definition) is 1. The molecule has 0 saturated carbocycles. The maximum Gasteiger partial charge on any atom is 0.416 e. The smallest absolute Gasteiger partial charge is 0.304 e. The number of para-hydroxylation sites is 2. The van der Waals surface area contributed by atoms with Gasteiger partial charge < -0.3 is 4.40 Å². The zero-order valence-electron chi connectivity index (χ0n) is 18.3. The van der Waals surface area contributed by atoms with Gasteiger partial charge in [0.15, 0.2) is 5.65 Å². The molecule has 0 radical (unpaired) electrons. The number of alkyl halides is 6. The standard InChI is InChI=1S/C27H15F6N3/c28-26(29,30)18-9-5-16(6-10-18)20-13-14-23-25-34-15-24(17-7-11-19(12-8-17)27(31,32)33)36(25)22-4-2-1-3-21(22)35(20)23/h1-15H. The minimum Gasteiger partial charge on any atom is -0.304 e. The van der Waals surface area contributed by atoms with Gasteiger partial charge in [0.05, 0.1) is 45.3 Å². The summed E-state index contributed by atoms with van der Waals surface area (Å²) in [6.45, 7) is 0. The van der Waals surface area contributed by atoms with E-state index in [0.29, 0.717) is 33.7 Å². The minimum atomic E-state index is -4.43. The topological polar surface area (TPSA) is 21.7 Å². The van der Waals surface area contributed by atoms with Crippen molar-refractivity contribution in [2.45, 2.75) is 12.4 Å². The molecule has 0 spiro atoms. The molecule has 36 heavy (non-hydrogen) atoms. The molecule has 3 aromatic carbocycles. The predicted molar refractivity (Wildman–Crippen MR) is 125 cm³/mol. The van der Waals surface area contributed by atoms with E-state index in [1.807, 2.05) is 45.2 Å². The first kappa shape index (κ1) is 22.2. The van der Waals surface area contributed by atoms with E-state index in [1.165, 1.54) is 24.3 Å². The molecule has 3 aromatic heterocycles. The lowest BCUT2D eigenvalue weighted by atomic mass is 10.1. The van der Waals surface area contributed by atoms with Gasteiger partial charge in [-0.2, -0.15) is 26.3 Å². The van der Waals surface area contributed by atoms with Crippen molar-refractivity contribution in [2.24, 2.45) is 0 Å². The fraction of sp³-hybridized carbons (Fsp3) is 0.0741. The number of aromatic nitrogens is 3. The van der Waals surface area contributed by atoms with Gasteiger partial charge >= 0.3 is 12.4 Å². The SMILES string of the molecule is FC(F)(F)c1ccc(-c2ccc3c4ncc(-c5ccc(C(F)(F)F)cc5)n4c4ccccc4n23)cc1. The second-order valence-corrected chi connectivity index (χ2v) is 8.38. The molecule has 3 heterocycles. The van der Waals surface area contributed by atoms with Crippen LogP contribution in [-0.2, 0) is 12.4 Å². The molecule has 9 heteroatoms. The van der Waals surface area contributed by atoms with Crippen molar-refractivity contribution in [3.8, 4) is 22.5 Å². The van der Waals surface area contributed by atoms with Gasteiger partial charge in [-0.25, -0.2) is 4.98 Å². The summed E-state index contributed by atoms with van der Waals surface area (Å²) in [7, 11) is 0. The Labute approximate surface area is 199 Å². The third-order valence-electron chi connectivity index (χ3n) is 6.25. The molecule has 180 valence electrons. The van der Waals surface area contributed by atoms with Crippen LogP contribution < -0.4 is 0 Å². The van der Waals surface area contributed by atoms with Gasteiger partial charge in [0.2, 0.25) is 0 Å². The summed E-state index contributed by atoms with van der Waals surface area (Å²) in [6.07, 6.45) is -7.25. The van der Waals surface area contributed by atoms with Crippen molar-refractivity contribution in [1.82, 2.24) is 13.8 Å². The molecular weight excluding hydrogens is 480 g/mol. The monoisotopic (exact) mass is 495 g/mol. The second-order valence-electron chi connectivity index (χ2n) is 8.38. The van der Waals surface area contributed by atoms with Gasteiger partial charge in [-0.3, -0.25) is 4.40 Å². The van der Waals surface area contributed by atoms with Crippen molar-refractivity contribution >= 4 is 22.2 Å². The lowest BCUT2D eigenvalue weighted by Gasteiger charge is -2.13. The Balaban J connectivity index is 1.58. The molecule has 6 aromatic rings. The Morgan fingerprint density at radius 1 is 0.500 bits per heavy atom. The van der Waals surface area contributed by atoms with Crippen LogP contribution in [0.15, 0.2) is 91.1 Å². The Bertz CT molecular complexity index is 1610. The molecule has 0 aliphatic carbocycles. The van der Waals surface area contributed by atoms with Gasteiger partial charge in [0.25, 0.3) is 0 Å². The number of nitrogens with zero attached hydrogens (tertiary/aromatic N) is 3. The van der Waals surface area contributed by atoms with E-state index < -0.39 is 23.5 Å². The van der Waals surface area contributed by atoms with Crippen molar-refractivity contribution in [3.63, 3.8) is 0 Å². The van der Waals surface area contributed by atoms with E-state index in [4.69, 9.17) is 0 Å². The van der Waals surface area contributed by atoms with Crippen LogP contribution in [-0.4, -0.2) is 13.8 Å². The average Bonchev–Trinajstić information content (AvgIpc) is 3.48. The van der Waals surface area contributed by atoms with Crippen molar-refractivity contribution in [1.29, 1.82) is 0 Å². The molecule has 0 amide bonds. The zero-order valence-corrected chi connectivity index (χ0v) is 18.3.